The van der Waals surface area contributed by atoms with Gasteiger partial charge < -0.3 is 23.8 Å². The lowest BCUT2D eigenvalue weighted by molar-refractivity contribution is 0.0985. The molecular weight excluding hydrogens is 514 g/mol. The van der Waals surface area contributed by atoms with Crippen molar-refractivity contribution in [2.45, 2.75) is 34.1 Å². The fourth-order valence-electron chi connectivity index (χ4n) is 3.88. The largest absolute Gasteiger partial charge is 0.494 e. The monoisotopic (exact) mass is 551 g/mol. The molecule has 0 spiro atoms. The van der Waals surface area contributed by atoms with E-state index in [2.05, 4.69) is 4.90 Å². The number of amides is 1. The lowest BCUT2D eigenvalue weighted by atomic mass is 10.1. The molecule has 0 atom stereocenters. The van der Waals surface area contributed by atoms with E-state index in [0.29, 0.717) is 60.1 Å². The van der Waals surface area contributed by atoms with Crippen molar-refractivity contribution in [3.05, 3.63) is 35.4 Å². The Bertz CT molecular complexity index is 1160. The van der Waals surface area contributed by atoms with E-state index in [1.165, 1.54) is 11.3 Å². The summed E-state index contributed by atoms with van der Waals surface area (Å²) in [6.45, 7) is 10.4. The van der Waals surface area contributed by atoms with Gasteiger partial charge in [-0.3, -0.25) is 9.69 Å². The molecule has 3 aromatic rings. The number of aryl methyl sites for hydroxylation is 1. The Hall–Kier alpha value is -2.75. The molecule has 0 aliphatic carbocycles. The maximum Gasteiger partial charge on any atom is 0.260 e. The molecule has 37 heavy (non-hydrogen) atoms. The van der Waals surface area contributed by atoms with Crippen LogP contribution in [0, 0.1) is 6.92 Å². The highest BCUT2D eigenvalue weighted by atomic mass is 35.5. The number of nitrogens with zero attached hydrogens (tertiary/aromatic N) is 3. The highest BCUT2D eigenvalue weighted by Gasteiger charge is 2.26. The Morgan fingerprint density at radius 3 is 2.11 bits per heavy atom. The van der Waals surface area contributed by atoms with E-state index in [1.807, 2.05) is 53.9 Å². The quantitative estimate of drug-likeness (QED) is 0.264. The summed E-state index contributed by atoms with van der Waals surface area (Å²) in [7, 11) is 5.67. The number of ether oxygens (including phenoxy) is 4. The van der Waals surface area contributed by atoms with Gasteiger partial charge in [0.25, 0.3) is 5.91 Å². The molecule has 0 saturated heterocycles. The van der Waals surface area contributed by atoms with Gasteiger partial charge in [0.15, 0.2) is 16.6 Å². The van der Waals surface area contributed by atoms with Crippen LogP contribution < -0.4 is 23.8 Å². The zero-order valence-corrected chi connectivity index (χ0v) is 24.4. The summed E-state index contributed by atoms with van der Waals surface area (Å²) in [6, 6.07) is 7.39. The summed E-state index contributed by atoms with van der Waals surface area (Å²) in [5, 5.41) is 0.631. The van der Waals surface area contributed by atoms with Crippen molar-refractivity contribution in [2.75, 3.05) is 59.0 Å². The minimum Gasteiger partial charge on any atom is -0.494 e. The van der Waals surface area contributed by atoms with Crippen LogP contribution in [0.2, 0.25) is 0 Å². The molecule has 0 unspecified atom stereocenters. The molecule has 1 aromatic heterocycles. The van der Waals surface area contributed by atoms with Gasteiger partial charge >= 0.3 is 0 Å². The third kappa shape index (κ3) is 7.18. The van der Waals surface area contributed by atoms with Crippen molar-refractivity contribution in [1.29, 1.82) is 0 Å². The van der Waals surface area contributed by atoms with E-state index in [4.69, 9.17) is 23.9 Å². The summed E-state index contributed by atoms with van der Waals surface area (Å²) in [5.41, 5.74) is 2.31. The molecule has 10 heteroatoms. The normalized spacial score (nSPS) is 10.8. The highest BCUT2D eigenvalue weighted by Crippen LogP contribution is 2.41. The van der Waals surface area contributed by atoms with Crippen LogP contribution in [0.15, 0.2) is 24.3 Å². The van der Waals surface area contributed by atoms with Crippen LogP contribution in [0.1, 0.15) is 43.1 Å². The van der Waals surface area contributed by atoms with E-state index in [1.54, 1.807) is 24.1 Å². The molecule has 1 amide bonds. The molecule has 0 saturated carbocycles. The molecule has 0 radical (unpaired) electrons. The summed E-state index contributed by atoms with van der Waals surface area (Å²) in [6.07, 6.45) is 0.790. The van der Waals surface area contributed by atoms with E-state index in [-0.39, 0.29) is 18.3 Å². The standard InChI is InChI=1S/C27H37N3O5S.ClH/c1-8-33-21-16-19(17-22(34-9-2)24(21)35-10-3)26(31)30(15-11-14-29(5)6)27-28-23-20(32-7)13-12-18(4)25(23)36-27;/h12-13,16-17H,8-11,14-15H2,1-7H3;1H. The number of halogens is 1. The van der Waals surface area contributed by atoms with Crippen molar-refractivity contribution in [2.24, 2.45) is 0 Å². The van der Waals surface area contributed by atoms with Crippen LogP contribution in [-0.2, 0) is 0 Å². The Morgan fingerprint density at radius 2 is 1.57 bits per heavy atom. The number of hydrogen-bond acceptors (Lipinski definition) is 8. The van der Waals surface area contributed by atoms with Crippen molar-refractivity contribution in [3.8, 4) is 23.0 Å². The van der Waals surface area contributed by atoms with E-state index in [0.717, 1.165) is 28.7 Å². The fourth-order valence-corrected chi connectivity index (χ4v) is 4.95. The van der Waals surface area contributed by atoms with Crippen LogP contribution in [0.5, 0.6) is 23.0 Å². The molecule has 0 N–H and O–H groups in total. The van der Waals surface area contributed by atoms with Gasteiger partial charge in [0, 0.05) is 12.1 Å². The second kappa shape index (κ2) is 14.3. The number of hydrogen-bond donors (Lipinski definition) is 0. The summed E-state index contributed by atoms with van der Waals surface area (Å²) in [5.74, 6) is 2.01. The zero-order chi connectivity index (χ0) is 26.2. The molecule has 2 aromatic carbocycles. The van der Waals surface area contributed by atoms with Crippen molar-refractivity contribution in [3.63, 3.8) is 0 Å². The number of thiazole rings is 1. The molecular formula is C27H38ClN3O5S. The minimum atomic E-state index is -0.172. The summed E-state index contributed by atoms with van der Waals surface area (Å²) >= 11 is 1.50. The Balaban J connectivity index is 0.00000481. The molecule has 0 fully saturated rings. The fraction of sp³-hybridized carbons (Fsp3) is 0.481. The first-order valence-corrected chi connectivity index (χ1v) is 13.1. The first-order chi connectivity index (χ1) is 17.3. The third-order valence-corrected chi connectivity index (χ3v) is 6.74. The maximum atomic E-state index is 14.0. The Morgan fingerprint density at radius 1 is 0.946 bits per heavy atom. The topological polar surface area (TPSA) is 73.4 Å². The zero-order valence-electron chi connectivity index (χ0n) is 22.8. The average Bonchev–Trinajstić information content (AvgIpc) is 3.30. The van der Waals surface area contributed by atoms with Gasteiger partial charge in [-0.25, -0.2) is 4.98 Å². The molecule has 8 nitrogen and oxygen atoms in total. The third-order valence-electron chi connectivity index (χ3n) is 5.53. The van der Waals surface area contributed by atoms with Gasteiger partial charge in [0.2, 0.25) is 5.75 Å². The van der Waals surface area contributed by atoms with E-state index < -0.39 is 0 Å². The predicted molar refractivity (Wildman–Crippen MR) is 153 cm³/mol. The number of carbonyl (C=O) groups is 1. The molecule has 3 rings (SSSR count). The molecule has 0 bridgehead atoms. The minimum absolute atomic E-state index is 0. The second-order valence-corrected chi connectivity index (χ2v) is 9.45. The van der Waals surface area contributed by atoms with Crippen molar-refractivity contribution in [1.82, 2.24) is 9.88 Å². The summed E-state index contributed by atoms with van der Waals surface area (Å²) < 4.78 is 24.1. The number of carbonyl (C=O) groups excluding carboxylic acids is 1. The second-order valence-electron chi connectivity index (χ2n) is 8.47. The van der Waals surface area contributed by atoms with Gasteiger partial charge in [-0.05, 0) is 78.5 Å². The lowest BCUT2D eigenvalue weighted by Gasteiger charge is -2.22. The Labute approximate surface area is 229 Å². The maximum absolute atomic E-state index is 14.0. The number of anilines is 1. The molecule has 0 aliphatic rings. The van der Waals surface area contributed by atoms with Gasteiger partial charge in [-0.15, -0.1) is 12.4 Å². The van der Waals surface area contributed by atoms with E-state index in [9.17, 15) is 4.79 Å². The lowest BCUT2D eigenvalue weighted by Crippen LogP contribution is -2.33. The van der Waals surface area contributed by atoms with Crippen molar-refractivity contribution >= 4 is 45.0 Å². The highest BCUT2D eigenvalue weighted by molar-refractivity contribution is 7.22. The van der Waals surface area contributed by atoms with E-state index >= 15 is 0 Å². The molecule has 1 heterocycles. The van der Waals surface area contributed by atoms with Crippen LogP contribution in [0.4, 0.5) is 5.13 Å². The molecule has 0 aliphatic heterocycles. The first-order valence-electron chi connectivity index (χ1n) is 12.3. The average molecular weight is 552 g/mol. The Kier molecular flexibility index (Phi) is 11.7. The van der Waals surface area contributed by atoms with Crippen LogP contribution in [-0.4, -0.2) is 69.9 Å². The van der Waals surface area contributed by atoms with Crippen LogP contribution >= 0.6 is 23.7 Å². The van der Waals surface area contributed by atoms with Crippen LogP contribution in [0.3, 0.4) is 0 Å². The first kappa shape index (κ1) is 30.5. The van der Waals surface area contributed by atoms with Crippen LogP contribution in [0.25, 0.3) is 10.2 Å². The molecule has 204 valence electrons. The van der Waals surface area contributed by atoms with Gasteiger partial charge in [0.1, 0.15) is 11.3 Å². The smallest absolute Gasteiger partial charge is 0.260 e. The number of aromatic nitrogens is 1. The number of fused-ring (bicyclic) bond motifs is 1. The summed E-state index contributed by atoms with van der Waals surface area (Å²) in [4.78, 5) is 22.7. The van der Waals surface area contributed by atoms with Gasteiger partial charge in [-0.2, -0.15) is 0 Å². The van der Waals surface area contributed by atoms with Gasteiger partial charge in [-0.1, -0.05) is 17.4 Å². The van der Waals surface area contributed by atoms with Crippen molar-refractivity contribution < 1.29 is 23.7 Å². The number of rotatable bonds is 13. The SMILES string of the molecule is CCOc1cc(C(=O)N(CCCN(C)C)c2nc3c(OC)ccc(C)c3s2)cc(OCC)c1OCC.Cl. The predicted octanol–water partition coefficient (Wildman–Crippen LogP) is 5.83. The number of methoxy groups -OCH3 is 1. The van der Waals surface area contributed by atoms with Gasteiger partial charge in [0.05, 0.1) is 31.6 Å². The number of benzene rings is 2.